The largest absolute Gasteiger partial charge is 0.316 e. The summed E-state index contributed by atoms with van der Waals surface area (Å²) in [6, 6.07) is 0. The first-order chi connectivity index (χ1) is 6.81. The Morgan fingerprint density at radius 3 is 1.64 bits per heavy atom. The van der Waals surface area contributed by atoms with Gasteiger partial charge in [-0.15, -0.1) is 13.2 Å². The molecular formula is C13H31N. The second-order valence-electron chi connectivity index (χ2n) is 2.03. The minimum absolute atomic E-state index is 0.966. The lowest BCUT2D eigenvalue weighted by Gasteiger charge is -1.99. The maximum Gasteiger partial charge on any atom is 0.0158 e. The van der Waals surface area contributed by atoms with Crippen molar-refractivity contribution in [2.75, 3.05) is 13.6 Å². The third-order valence-electron chi connectivity index (χ3n) is 1.03. The average molecular weight is 201 g/mol. The molecule has 0 amide bonds. The SMILES string of the molecule is C=C.C=C(CCC)CNC.CC.CC. The van der Waals surface area contributed by atoms with Crippen LogP contribution < -0.4 is 5.32 Å². The van der Waals surface area contributed by atoms with Crippen molar-refractivity contribution in [3.05, 3.63) is 25.3 Å². The summed E-state index contributed by atoms with van der Waals surface area (Å²) in [4.78, 5) is 0. The second-order valence-corrected chi connectivity index (χ2v) is 2.03. The summed E-state index contributed by atoms with van der Waals surface area (Å²) in [6.45, 7) is 21.0. The van der Waals surface area contributed by atoms with Crippen LogP contribution in [0.1, 0.15) is 47.5 Å². The van der Waals surface area contributed by atoms with E-state index in [9.17, 15) is 0 Å². The minimum atomic E-state index is 0.966. The fourth-order valence-corrected chi connectivity index (χ4v) is 0.692. The predicted octanol–water partition coefficient (Wildman–Crippen LogP) is 4.42. The Morgan fingerprint density at radius 2 is 1.43 bits per heavy atom. The first-order valence-electron chi connectivity index (χ1n) is 5.62. The van der Waals surface area contributed by atoms with E-state index in [0.717, 1.165) is 13.0 Å². The third-order valence-corrected chi connectivity index (χ3v) is 1.03. The lowest BCUT2D eigenvalue weighted by molar-refractivity contribution is 0.804. The molecule has 0 bridgehead atoms. The van der Waals surface area contributed by atoms with Gasteiger partial charge >= 0.3 is 0 Å². The number of rotatable bonds is 4. The summed E-state index contributed by atoms with van der Waals surface area (Å²) in [5.74, 6) is 0. The van der Waals surface area contributed by atoms with Gasteiger partial charge in [0.25, 0.3) is 0 Å². The quantitative estimate of drug-likeness (QED) is 0.664. The van der Waals surface area contributed by atoms with Gasteiger partial charge < -0.3 is 5.32 Å². The summed E-state index contributed by atoms with van der Waals surface area (Å²) in [6.07, 6.45) is 2.36. The molecule has 0 heterocycles. The van der Waals surface area contributed by atoms with Gasteiger partial charge in [-0.05, 0) is 13.5 Å². The van der Waals surface area contributed by atoms with Crippen molar-refractivity contribution in [3.63, 3.8) is 0 Å². The third kappa shape index (κ3) is 42.1. The fraction of sp³-hybridized carbons (Fsp3) is 0.692. The normalized spacial score (nSPS) is 6.43. The molecule has 0 rings (SSSR count). The highest BCUT2D eigenvalue weighted by Crippen LogP contribution is 1.97. The molecule has 14 heavy (non-hydrogen) atoms. The maximum atomic E-state index is 3.87. The van der Waals surface area contributed by atoms with Gasteiger partial charge in [0.05, 0.1) is 0 Å². The first-order valence-corrected chi connectivity index (χ1v) is 5.62. The van der Waals surface area contributed by atoms with Crippen LogP contribution in [0, 0.1) is 0 Å². The number of hydrogen-bond acceptors (Lipinski definition) is 1. The van der Waals surface area contributed by atoms with Gasteiger partial charge in [-0.3, -0.25) is 0 Å². The van der Waals surface area contributed by atoms with Crippen molar-refractivity contribution >= 4 is 0 Å². The van der Waals surface area contributed by atoms with Crippen LogP contribution >= 0.6 is 0 Å². The van der Waals surface area contributed by atoms with Gasteiger partial charge in [0.15, 0.2) is 0 Å². The first kappa shape index (κ1) is 23.3. The molecule has 0 aliphatic heterocycles. The van der Waals surface area contributed by atoms with E-state index in [1.54, 1.807) is 0 Å². The Balaban J connectivity index is -0.0000000708. The monoisotopic (exact) mass is 201 g/mol. The molecule has 0 fully saturated rings. The summed E-state index contributed by atoms with van der Waals surface area (Å²) >= 11 is 0. The van der Waals surface area contributed by atoms with E-state index in [2.05, 4.69) is 32.0 Å². The predicted molar refractivity (Wildman–Crippen MR) is 71.9 cm³/mol. The van der Waals surface area contributed by atoms with Crippen molar-refractivity contribution in [1.82, 2.24) is 5.32 Å². The van der Waals surface area contributed by atoms with Crippen molar-refractivity contribution in [1.29, 1.82) is 0 Å². The molecule has 1 N–H and O–H groups in total. The highest BCUT2D eigenvalue weighted by molar-refractivity contribution is 4.95. The molecule has 0 unspecified atom stereocenters. The van der Waals surface area contributed by atoms with Gasteiger partial charge in [0.2, 0.25) is 0 Å². The second kappa shape index (κ2) is 39.3. The van der Waals surface area contributed by atoms with E-state index in [-0.39, 0.29) is 0 Å². The fourth-order valence-electron chi connectivity index (χ4n) is 0.692. The topological polar surface area (TPSA) is 12.0 Å². The Hall–Kier alpha value is -0.560. The van der Waals surface area contributed by atoms with Crippen LogP contribution in [0.5, 0.6) is 0 Å². The van der Waals surface area contributed by atoms with E-state index >= 15 is 0 Å². The number of hydrogen-bond donors (Lipinski definition) is 1. The Labute approximate surface area is 92.3 Å². The van der Waals surface area contributed by atoms with Crippen molar-refractivity contribution in [2.24, 2.45) is 0 Å². The van der Waals surface area contributed by atoms with Crippen molar-refractivity contribution < 1.29 is 0 Å². The van der Waals surface area contributed by atoms with Gasteiger partial charge in [0, 0.05) is 6.54 Å². The van der Waals surface area contributed by atoms with Crippen LogP contribution in [-0.2, 0) is 0 Å². The lowest BCUT2D eigenvalue weighted by Crippen LogP contribution is -2.09. The molecule has 0 aromatic carbocycles. The van der Waals surface area contributed by atoms with Gasteiger partial charge in [-0.2, -0.15) is 0 Å². The van der Waals surface area contributed by atoms with E-state index < -0.39 is 0 Å². The van der Waals surface area contributed by atoms with E-state index in [1.165, 1.54) is 12.0 Å². The highest BCUT2D eigenvalue weighted by Gasteiger charge is 1.86. The Morgan fingerprint density at radius 1 is 1.07 bits per heavy atom. The molecule has 0 atom stereocenters. The molecule has 1 nitrogen and oxygen atoms in total. The maximum absolute atomic E-state index is 3.87. The van der Waals surface area contributed by atoms with Crippen LogP contribution in [0.3, 0.4) is 0 Å². The van der Waals surface area contributed by atoms with Crippen LogP contribution in [0.25, 0.3) is 0 Å². The molecule has 0 aromatic rings. The Kier molecular flexibility index (Phi) is 65.4. The number of likely N-dealkylation sites (N-methyl/N-ethyl adjacent to an activating group) is 1. The smallest absolute Gasteiger partial charge is 0.0158 e. The zero-order valence-corrected chi connectivity index (χ0v) is 11.2. The molecule has 0 aliphatic rings. The van der Waals surface area contributed by atoms with Crippen LogP contribution in [0.15, 0.2) is 25.3 Å². The molecule has 0 radical (unpaired) electrons. The van der Waals surface area contributed by atoms with Crippen LogP contribution in [0.4, 0.5) is 0 Å². The van der Waals surface area contributed by atoms with Crippen LogP contribution in [-0.4, -0.2) is 13.6 Å². The molecule has 88 valence electrons. The Bertz CT molecular complexity index is 69.3. The molecule has 0 aliphatic carbocycles. The number of nitrogens with one attached hydrogen (secondary N) is 1. The average Bonchev–Trinajstić information content (AvgIpc) is 2.27. The summed E-state index contributed by atoms with van der Waals surface area (Å²) in [7, 11) is 1.95. The molecule has 0 saturated heterocycles. The molecule has 0 spiro atoms. The molecular weight excluding hydrogens is 170 g/mol. The molecule has 0 aromatic heterocycles. The van der Waals surface area contributed by atoms with Crippen LogP contribution in [0.2, 0.25) is 0 Å². The van der Waals surface area contributed by atoms with E-state index in [1.807, 2.05) is 34.7 Å². The molecule has 0 saturated carbocycles. The lowest BCUT2D eigenvalue weighted by atomic mass is 10.2. The zero-order chi connectivity index (χ0) is 12.4. The van der Waals surface area contributed by atoms with Gasteiger partial charge in [-0.1, -0.05) is 53.2 Å². The van der Waals surface area contributed by atoms with E-state index in [4.69, 9.17) is 0 Å². The minimum Gasteiger partial charge on any atom is -0.316 e. The molecule has 1 heteroatoms. The van der Waals surface area contributed by atoms with Gasteiger partial charge in [0.1, 0.15) is 0 Å². The van der Waals surface area contributed by atoms with Crippen molar-refractivity contribution in [3.8, 4) is 0 Å². The van der Waals surface area contributed by atoms with Gasteiger partial charge in [-0.25, -0.2) is 0 Å². The summed E-state index contributed by atoms with van der Waals surface area (Å²) in [5, 5.41) is 3.05. The van der Waals surface area contributed by atoms with Crippen molar-refractivity contribution in [2.45, 2.75) is 47.5 Å². The van der Waals surface area contributed by atoms with E-state index in [0.29, 0.717) is 0 Å². The highest BCUT2D eigenvalue weighted by atomic mass is 14.8. The zero-order valence-electron chi connectivity index (χ0n) is 11.2. The summed E-state index contributed by atoms with van der Waals surface area (Å²) < 4.78 is 0. The standard InChI is InChI=1S/C7H15N.2C2H6.C2H4/c1-4-5-7(2)6-8-3;3*1-2/h8H,2,4-6H2,1,3H3;2*1-2H3;1-2H2. The summed E-state index contributed by atoms with van der Waals surface area (Å²) in [5.41, 5.74) is 1.30.